The van der Waals surface area contributed by atoms with Crippen LogP contribution >= 0.6 is 11.8 Å². The normalized spacial score (nSPS) is 27.4. The molecule has 0 aromatic heterocycles. The Morgan fingerprint density at radius 1 is 1.78 bits per heavy atom. The molecule has 1 aliphatic heterocycles. The number of nitriles is 1. The van der Waals surface area contributed by atoms with Gasteiger partial charge in [0.05, 0.1) is 6.07 Å². The summed E-state index contributed by atoms with van der Waals surface area (Å²) in [5, 5.41) is 8.38. The van der Waals surface area contributed by atoms with Gasteiger partial charge in [-0.1, -0.05) is 0 Å². The summed E-state index contributed by atoms with van der Waals surface area (Å²) in [6.45, 7) is 0. The smallest absolute Gasteiger partial charge is 0.151 e. The molecule has 1 fully saturated rings. The van der Waals surface area contributed by atoms with E-state index in [4.69, 9.17) is 5.26 Å². The summed E-state index contributed by atoms with van der Waals surface area (Å²) >= 11 is 1.69. The van der Waals surface area contributed by atoms with E-state index in [2.05, 4.69) is 0 Å². The molecule has 1 unspecified atom stereocenters. The molecule has 3 heteroatoms. The van der Waals surface area contributed by atoms with Crippen LogP contribution in [0.15, 0.2) is 0 Å². The molecule has 2 nitrogen and oxygen atoms in total. The lowest BCUT2D eigenvalue weighted by molar-refractivity contribution is -0.120. The first-order chi connectivity index (χ1) is 4.34. The van der Waals surface area contributed by atoms with Crippen molar-refractivity contribution in [2.45, 2.75) is 6.42 Å². The second-order valence-electron chi connectivity index (χ2n) is 1.97. The third-order valence-electron chi connectivity index (χ3n) is 1.32. The highest BCUT2D eigenvalue weighted by atomic mass is 32.2. The molecule has 0 amide bonds. The summed E-state index contributed by atoms with van der Waals surface area (Å²) in [7, 11) is 0. The number of hydrogen-bond donors (Lipinski definition) is 0. The van der Waals surface area contributed by atoms with Crippen LogP contribution in [-0.4, -0.2) is 17.3 Å². The number of carbonyl (C=O) groups excluding carboxylic acids is 1. The lowest BCUT2D eigenvalue weighted by Gasteiger charge is -2.12. The van der Waals surface area contributed by atoms with Gasteiger partial charge < -0.3 is 0 Å². The van der Waals surface area contributed by atoms with Crippen molar-refractivity contribution in [3.63, 3.8) is 0 Å². The zero-order valence-corrected chi connectivity index (χ0v) is 5.78. The molecule has 0 aromatic rings. The molecule has 0 radical (unpaired) electrons. The van der Waals surface area contributed by atoms with Crippen LogP contribution in [0.4, 0.5) is 0 Å². The monoisotopic (exact) mass is 141 g/mol. The minimum Gasteiger partial charge on any atom is -0.298 e. The Hall–Kier alpha value is -0.490. The fourth-order valence-electron chi connectivity index (χ4n) is 0.750. The number of rotatable bonds is 0. The molecule has 9 heavy (non-hydrogen) atoms. The van der Waals surface area contributed by atoms with Gasteiger partial charge >= 0.3 is 0 Å². The molecule has 1 saturated heterocycles. The van der Waals surface area contributed by atoms with Gasteiger partial charge in [0, 0.05) is 17.9 Å². The second kappa shape index (κ2) is 2.88. The van der Waals surface area contributed by atoms with Crippen LogP contribution in [0, 0.1) is 17.2 Å². The van der Waals surface area contributed by atoms with Crippen LogP contribution in [0.2, 0.25) is 0 Å². The van der Waals surface area contributed by atoms with Gasteiger partial charge in [0.25, 0.3) is 0 Å². The molecular weight excluding hydrogens is 134 g/mol. The number of hydrogen-bond acceptors (Lipinski definition) is 3. The minimum atomic E-state index is -0.316. The van der Waals surface area contributed by atoms with Crippen LogP contribution in [0.3, 0.4) is 0 Å². The zero-order valence-electron chi connectivity index (χ0n) is 4.96. The molecule has 0 aliphatic carbocycles. The Bertz CT molecular complexity index is 161. The van der Waals surface area contributed by atoms with Gasteiger partial charge in [-0.3, -0.25) is 4.79 Å². The highest BCUT2D eigenvalue weighted by Crippen LogP contribution is 2.18. The summed E-state index contributed by atoms with van der Waals surface area (Å²) in [4.78, 5) is 10.8. The summed E-state index contributed by atoms with van der Waals surface area (Å²) in [6.07, 6.45) is 0.586. The largest absolute Gasteiger partial charge is 0.298 e. The number of carbonyl (C=O) groups is 1. The van der Waals surface area contributed by atoms with Crippen molar-refractivity contribution >= 4 is 17.5 Å². The Labute approximate surface area is 58.2 Å². The van der Waals surface area contributed by atoms with E-state index in [1.165, 1.54) is 0 Å². The van der Waals surface area contributed by atoms with Gasteiger partial charge in [-0.25, -0.2) is 0 Å². The lowest BCUT2D eigenvalue weighted by Crippen LogP contribution is -2.20. The maximum Gasteiger partial charge on any atom is 0.151 e. The molecule has 1 aliphatic rings. The van der Waals surface area contributed by atoms with E-state index < -0.39 is 0 Å². The van der Waals surface area contributed by atoms with E-state index in [9.17, 15) is 4.79 Å². The summed E-state index contributed by atoms with van der Waals surface area (Å²) in [6, 6.07) is 1.98. The highest BCUT2D eigenvalue weighted by molar-refractivity contribution is 7.99. The highest BCUT2D eigenvalue weighted by Gasteiger charge is 2.21. The van der Waals surface area contributed by atoms with Gasteiger partial charge in [-0.15, -0.1) is 0 Å². The van der Waals surface area contributed by atoms with Crippen molar-refractivity contribution in [2.75, 3.05) is 11.5 Å². The van der Waals surface area contributed by atoms with Gasteiger partial charge in [-0.2, -0.15) is 17.0 Å². The molecule has 1 atom stereocenters. The second-order valence-corrected chi connectivity index (χ2v) is 3.12. The van der Waals surface area contributed by atoms with Gasteiger partial charge in [-0.05, 0) is 0 Å². The third kappa shape index (κ3) is 1.46. The molecule has 0 saturated carbocycles. The topological polar surface area (TPSA) is 40.9 Å². The van der Waals surface area contributed by atoms with Gasteiger partial charge in [0.2, 0.25) is 0 Å². The molecule has 0 spiro atoms. The van der Waals surface area contributed by atoms with E-state index in [0.717, 1.165) is 5.75 Å². The number of ketones is 1. The van der Waals surface area contributed by atoms with E-state index in [1.54, 1.807) is 11.8 Å². The first kappa shape index (κ1) is 6.63. The van der Waals surface area contributed by atoms with Crippen molar-refractivity contribution in [3.05, 3.63) is 0 Å². The molecular formula is C6H7NOS. The Kier molecular flexibility index (Phi) is 2.12. The molecule has 1 rings (SSSR count). The molecule has 0 aromatic carbocycles. The first-order valence-electron chi connectivity index (χ1n) is 2.84. The van der Waals surface area contributed by atoms with Gasteiger partial charge in [0.15, 0.2) is 5.78 Å². The standard InChI is InChI=1S/C6H7NOS/c7-3-5-4-9-2-1-6(5)8/h5H,1-2,4H2. The average Bonchev–Trinajstić information content (AvgIpc) is 1.89. The number of Topliss-reactive ketones (excluding diaryl/α,β-unsaturated/α-hetero) is 1. The SMILES string of the molecule is N#CC1CSCCC1=O. The van der Waals surface area contributed by atoms with Gasteiger partial charge in [0.1, 0.15) is 5.92 Å². The van der Waals surface area contributed by atoms with E-state index in [-0.39, 0.29) is 11.7 Å². The maximum atomic E-state index is 10.8. The minimum absolute atomic E-state index is 0.122. The zero-order chi connectivity index (χ0) is 6.69. The summed E-state index contributed by atoms with van der Waals surface area (Å²) in [5.41, 5.74) is 0. The fraction of sp³-hybridized carbons (Fsp3) is 0.667. The fourth-order valence-corrected chi connectivity index (χ4v) is 1.76. The molecule has 1 heterocycles. The van der Waals surface area contributed by atoms with Crippen molar-refractivity contribution in [1.29, 1.82) is 5.26 Å². The van der Waals surface area contributed by atoms with Crippen molar-refractivity contribution in [2.24, 2.45) is 5.92 Å². The predicted molar refractivity (Wildman–Crippen MR) is 36.1 cm³/mol. The number of thioether (sulfide) groups is 1. The van der Waals surface area contributed by atoms with Crippen LogP contribution in [0.25, 0.3) is 0 Å². The predicted octanol–water partition coefficient (Wildman–Crippen LogP) is 0.832. The quantitative estimate of drug-likeness (QED) is 0.501. The number of nitrogens with zero attached hydrogens (tertiary/aromatic N) is 1. The van der Waals surface area contributed by atoms with E-state index >= 15 is 0 Å². The van der Waals surface area contributed by atoms with Crippen molar-refractivity contribution < 1.29 is 4.79 Å². The summed E-state index contributed by atoms with van der Waals surface area (Å²) < 4.78 is 0. The average molecular weight is 141 g/mol. The van der Waals surface area contributed by atoms with Crippen LogP contribution in [0.5, 0.6) is 0 Å². The van der Waals surface area contributed by atoms with E-state index in [1.807, 2.05) is 6.07 Å². The first-order valence-corrected chi connectivity index (χ1v) is 4.00. The Balaban J connectivity index is 2.51. The van der Waals surface area contributed by atoms with Crippen LogP contribution in [-0.2, 0) is 4.79 Å². The summed E-state index contributed by atoms with van der Waals surface area (Å²) in [5.74, 6) is 1.41. The van der Waals surface area contributed by atoms with Crippen LogP contribution in [0.1, 0.15) is 6.42 Å². The third-order valence-corrected chi connectivity index (χ3v) is 2.38. The van der Waals surface area contributed by atoms with Crippen molar-refractivity contribution in [1.82, 2.24) is 0 Å². The Morgan fingerprint density at radius 2 is 2.56 bits per heavy atom. The molecule has 0 bridgehead atoms. The Morgan fingerprint density at radius 3 is 3.00 bits per heavy atom. The van der Waals surface area contributed by atoms with Crippen LogP contribution < -0.4 is 0 Å². The lowest BCUT2D eigenvalue weighted by atomic mass is 10.1. The maximum absolute atomic E-state index is 10.8. The molecule has 48 valence electrons. The van der Waals surface area contributed by atoms with Crippen molar-refractivity contribution in [3.8, 4) is 6.07 Å². The van der Waals surface area contributed by atoms with E-state index in [0.29, 0.717) is 12.2 Å². The molecule has 0 N–H and O–H groups in total.